The highest BCUT2D eigenvalue weighted by Gasteiger charge is 2.04. The molecule has 1 rings (SSSR count). The lowest BCUT2D eigenvalue weighted by atomic mass is 10.2. The number of rotatable bonds is 1. The van der Waals surface area contributed by atoms with Crippen molar-refractivity contribution < 1.29 is 4.39 Å². The number of halogens is 4. The van der Waals surface area contributed by atoms with Crippen LogP contribution in [-0.4, -0.2) is 0 Å². The second-order valence-corrected chi connectivity index (χ2v) is 4.56. The van der Waals surface area contributed by atoms with Gasteiger partial charge in [-0.1, -0.05) is 15.9 Å². The van der Waals surface area contributed by atoms with E-state index in [1.807, 2.05) is 6.07 Å². The van der Waals surface area contributed by atoms with Crippen LogP contribution in [0, 0.1) is 0 Å². The van der Waals surface area contributed by atoms with E-state index in [1.165, 1.54) is 0 Å². The largest absolute Gasteiger partial charge is 0.246 e. The van der Waals surface area contributed by atoms with Gasteiger partial charge in [-0.05, 0) is 49.6 Å². The zero-order chi connectivity index (χ0) is 8.43. The van der Waals surface area contributed by atoms with Gasteiger partial charge in [0.1, 0.15) is 6.67 Å². The quantitative estimate of drug-likeness (QED) is 0.659. The molecule has 1 aromatic rings. The maximum Gasteiger partial charge on any atom is 0.116 e. The van der Waals surface area contributed by atoms with E-state index in [0.29, 0.717) is 5.56 Å². The van der Waals surface area contributed by atoms with Crippen molar-refractivity contribution in [1.82, 2.24) is 0 Å². The fraction of sp³-hybridized carbons (Fsp3) is 0.143. The van der Waals surface area contributed by atoms with Crippen molar-refractivity contribution in [1.29, 1.82) is 0 Å². The van der Waals surface area contributed by atoms with E-state index in [4.69, 9.17) is 0 Å². The standard InChI is InChI=1S/C7H4Br3F/c8-5-1-4(3-11)7(10)6(9)2-5/h1-2H,3H2. The monoisotopic (exact) mass is 344 g/mol. The summed E-state index contributed by atoms with van der Waals surface area (Å²) in [6, 6.07) is 3.61. The summed E-state index contributed by atoms with van der Waals surface area (Å²) in [5.41, 5.74) is 0.645. The van der Waals surface area contributed by atoms with Gasteiger partial charge in [-0.25, -0.2) is 4.39 Å². The Morgan fingerprint density at radius 3 is 2.36 bits per heavy atom. The molecule has 0 nitrogen and oxygen atoms in total. The minimum absolute atomic E-state index is 0.460. The summed E-state index contributed by atoms with van der Waals surface area (Å²) in [6.07, 6.45) is 0. The molecule has 0 aliphatic heterocycles. The molecular formula is C7H4Br3F. The van der Waals surface area contributed by atoms with Gasteiger partial charge in [-0.15, -0.1) is 0 Å². The van der Waals surface area contributed by atoms with Crippen molar-refractivity contribution in [2.75, 3.05) is 0 Å². The SMILES string of the molecule is FCc1cc(Br)cc(Br)c1Br. The Balaban J connectivity index is 3.24. The Morgan fingerprint density at radius 2 is 1.82 bits per heavy atom. The molecule has 60 valence electrons. The van der Waals surface area contributed by atoms with Gasteiger partial charge >= 0.3 is 0 Å². The van der Waals surface area contributed by atoms with Crippen molar-refractivity contribution in [3.63, 3.8) is 0 Å². The molecule has 0 spiro atoms. The van der Waals surface area contributed by atoms with Gasteiger partial charge in [0.05, 0.1) is 0 Å². The van der Waals surface area contributed by atoms with Gasteiger partial charge in [0.2, 0.25) is 0 Å². The molecule has 0 radical (unpaired) electrons. The molecule has 4 heteroatoms. The van der Waals surface area contributed by atoms with Crippen LogP contribution >= 0.6 is 47.8 Å². The molecule has 0 aromatic heterocycles. The first-order chi connectivity index (χ1) is 5.15. The van der Waals surface area contributed by atoms with Crippen LogP contribution in [0.1, 0.15) is 5.56 Å². The molecule has 0 aliphatic carbocycles. The second-order valence-electron chi connectivity index (χ2n) is 1.99. The number of benzene rings is 1. The highest BCUT2D eigenvalue weighted by molar-refractivity contribution is 9.13. The molecule has 0 bridgehead atoms. The van der Waals surface area contributed by atoms with Crippen LogP contribution in [0.4, 0.5) is 4.39 Å². The molecule has 0 aliphatic rings. The third-order valence-electron chi connectivity index (χ3n) is 1.21. The first-order valence-corrected chi connectivity index (χ1v) is 5.22. The minimum atomic E-state index is -0.460. The van der Waals surface area contributed by atoms with Crippen LogP contribution in [0.5, 0.6) is 0 Å². The normalized spacial score (nSPS) is 10.2. The predicted octanol–water partition coefficient (Wildman–Crippen LogP) is 4.44. The van der Waals surface area contributed by atoms with E-state index in [0.717, 1.165) is 13.4 Å². The lowest BCUT2D eigenvalue weighted by Gasteiger charge is -2.02. The van der Waals surface area contributed by atoms with Crippen LogP contribution in [0.25, 0.3) is 0 Å². The van der Waals surface area contributed by atoms with Gasteiger partial charge in [0, 0.05) is 13.4 Å². The fourth-order valence-electron chi connectivity index (χ4n) is 0.707. The molecule has 0 unspecified atom stereocenters. The summed E-state index contributed by atoms with van der Waals surface area (Å²) < 4.78 is 14.8. The van der Waals surface area contributed by atoms with E-state index < -0.39 is 6.67 Å². The molecule has 0 saturated heterocycles. The van der Waals surface area contributed by atoms with Crippen LogP contribution in [0.2, 0.25) is 0 Å². The Kier molecular flexibility index (Phi) is 3.52. The summed E-state index contributed by atoms with van der Waals surface area (Å²) in [5.74, 6) is 0. The van der Waals surface area contributed by atoms with Crippen LogP contribution in [0.15, 0.2) is 25.6 Å². The molecule has 0 heterocycles. The van der Waals surface area contributed by atoms with Gasteiger partial charge in [0.15, 0.2) is 0 Å². The van der Waals surface area contributed by atoms with Gasteiger partial charge < -0.3 is 0 Å². The number of hydrogen-bond acceptors (Lipinski definition) is 0. The van der Waals surface area contributed by atoms with Crippen molar-refractivity contribution >= 4 is 47.8 Å². The molecule has 0 fully saturated rings. The van der Waals surface area contributed by atoms with Crippen molar-refractivity contribution in [3.05, 3.63) is 31.1 Å². The molecule has 0 saturated carbocycles. The van der Waals surface area contributed by atoms with Crippen LogP contribution < -0.4 is 0 Å². The van der Waals surface area contributed by atoms with E-state index in [9.17, 15) is 4.39 Å². The summed E-state index contributed by atoms with van der Waals surface area (Å²) in [4.78, 5) is 0. The van der Waals surface area contributed by atoms with Crippen molar-refractivity contribution in [3.8, 4) is 0 Å². The Morgan fingerprint density at radius 1 is 1.18 bits per heavy atom. The maximum atomic E-state index is 12.3. The van der Waals surface area contributed by atoms with Crippen LogP contribution in [-0.2, 0) is 6.67 Å². The topological polar surface area (TPSA) is 0 Å². The number of alkyl halides is 1. The molecule has 1 aromatic carbocycles. The van der Waals surface area contributed by atoms with Gasteiger partial charge in [-0.2, -0.15) is 0 Å². The molecule has 11 heavy (non-hydrogen) atoms. The minimum Gasteiger partial charge on any atom is -0.246 e. The zero-order valence-electron chi connectivity index (χ0n) is 5.37. The average Bonchev–Trinajstić information content (AvgIpc) is 1.96. The molecule has 0 atom stereocenters. The number of hydrogen-bond donors (Lipinski definition) is 0. The lowest BCUT2D eigenvalue weighted by Crippen LogP contribution is -1.82. The Labute approximate surface area is 89.6 Å². The first kappa shape index (κ1) is 9.68. The predicted molar refractivity (Wildman–Crippen MR) is 54.4 cm³/mol. The van der Waals surface area contributed by atoms with Gasteiger partial charge in [0.25, 0.3) is 0 Å². The smallest absolute Gasteiger partial charge is 0.116 e. The van der Waals surface area contributed by atoms with Crippen molar-refractivity contribution in [2.45, 2.75) is 6.67 Å². The summed E-state index contributed by atoms with van der Waals surface area (Å²) >= 11 is 9.83. The highest BCUT2D eigenvalue weighted by Crippen LogP contribution is 2.30. The second kappa shape index (κ2) is 4.01. The molecule has 0 N–H and O–H groups in total. The lowest BCUT2D eigenvalue weighted by molar-refractivity contribution is 0.483. The highest BCUT2D eigenvalue weighted by atomic mass is 79.9. The molecule has 0 amide bonds. The van der Waals surface area contributed by atoms with Crippen LogP contribution in [0.3, 0.4) is 0 Å². The van der Waals surface area contributed by atoms with E-state index in [1.54, 1.807) is 6.07 Å². The van der Waals surface area contributed by atoms with Crippen molar-refractivity contribution in [2.24, 2.45) is 0 Å². The third-order valence-corrected chi connectivity index (χ3v) is 3.76. The Hall–Kier alpha value is 0.590. The fourth-order valence-corrected chi connectivity index (χ4v) is 2.36. The third kappa shape index (κ3) is 2.26. The summed E-state index contributed by atoms with van der Waals surface area (Å²) in [6.45, 7) is -0.460. The van der Waals surface area contributed by atoms with E-state index >= 15 is 0 Å². The van der Waals surface area contributed by atoms with E-state index in [-0.39, 0.29) is 0 Å². The maximum absolute atomic E-state index is 12.3. The first-order valence-electron chi connectivity index (χ1n) is 2.84. The summed E-state index contributed by atoms with van der Waals surface area (Å²) in [5, 5.41) is 0. The Bertz CT molecular complexity index is 273. The zero-order valence-corrected chi connectivity index (χ0v) is 10.1. The van der Waals surface area contributed by atoms with E-state index in [2.05, 4.69) is 47.8 Å². The summed E-state index contributed by atoms with van der Waals surface area (Å²) in [7, 11) is 0. The van der Waals surface area contributed by atoms with Gasteiger partial charge in [-0.3, -0.25) is 0 Å². The molecular weight excluding hydrogens is 343 g/mol. The average molecular weight is 347 g/mol.